The molecule has 0 aromatic rings. The van der Waals surface area contributed by atoms with E-state index in [1.807, 2.05) is 27.7 Å². The van der Waals surface area contributed by atoms with E-state index in [1.165, 1.54) is 0 Å². The Labute approximate surface area is 120 Å². The second-order valence-corrected chi connectivity index (χ2v) is 6.75. The fraction of sp³-hybridized carbons (Fsp3) is 0.857. The molecule has 0 aromatic carbocycles. The van der Waals surface area contributed by atoms with Gasteiger partial charge in [0, 0.05) is 25.2 Å². The molecule has 2 N–H and O–H groups in total. The van der Waals surface area contributed by atoms with Gasteiger partial charge in [0.2, 0.25) is 5.91 Å². The zero-order valence-electron chi connectivity index (χ0n) is 12.7. The lowest BCUT2D eigenvalue weighted by Crippen LogP contribution is -2.63. The van der Waals surface area contributed by atoms with Crippen LogP contribution < -0.4 is 10.6 Å². The van der Waals surface area contributed by atoms with E-state index in [9.17, 15) is 9.59 Å². The Morgan fingerprint density at radius 2 is 1.80 bits per heavy atom. The van der Waals surface area contributed by atoms with Gasteiger partial charge in [0.15, 0.2) is 0 Å². The molecule has 1 aliphatic heterocycles. The van der Waals surface area contributed by atoms with Crippen molar-refractivity contribution in [3.05, 3.63) is 0 Å². The molecule has 1 saturated carbocycles. The van der Waals surface area contributed by atoms with Gasteiger partial charge in [-0.1, -0.05) is 0 Å². The lowest BCUT2D eigenvalue weighted by molar-refractivity contribution is -0.123. The Balaban J connectivity index is 1.65. The van der Waals surface area contributed by atoms with Gasteiger partial charge in [-0.05, 0) is 40.5 Å². The molecule has 2 aliphatic rings. The largest absolute Gasteiger partial charge is 0.444 e. The highest BCUT2D eigenvalue weighted by Gasteiger charge is 2.35. The average Bonchev–Trinajstić information content (AvgIpc) is 3.03. The Bertz CT molecular complexity index is 382. The summed E-state index contributed by atoms with van der Waals surface area (Å²) in [6.07, 6.45) is 1.90. The van der Waals surface area contributed by atoms with Crippen LogP contribution in [0.25, 0.3) is 0 Å². The van der Waals surface area contributed by atoms with Crippen molar-refractivity contribution in [2.75, 3.05) is 13.1 Å². The molecule has 20 heavy (non-hydrogen) atoms. The van der Waals surface area contributed by atoms with Crippen LogP contribution in [0.15, 0.2) is 0 Å². The number of nitrogens with zero attached hydrogens (tertiary/aromatic N) is 1. The number of hydrogen-bond acceptors (Lipinski definition) is 4. The first-order chi connectivity index (χ1) is 9.24. The number of amides is 2. The lowest BCUT2D eigenvalue weighted by atomic mass is 10.1. The molecule has 6 heteroatoms. The highest BCUT2D eigenvalue weighted by Crippen LogP contribution is 2.19. The van der Waals surface area contributed by atoms with Crippen LogP contribution in [-0.4, -0.2) is 53.7 Å². The van der Waals surface area contributed by atoms with E-state index >= 15 is 0 Å². The van der Waals surface area contributed by atoms with E-state index in [0.717, 1.165) is 12.8 Å². The van der Waals surface area contributed by atoms with Gasteiger partial charge in [-0.25, -0.2) is 4.79 Å². The monoisotopic (exact) mass is 283 g/mol. The van der Waals surface area contributed by atoms with Crippen molar-refractivity contribution in [3.63, 3.8) is 0 Å². The third-order valence-electron chi connectivity index (χ3n) is 3.34. The third kappa shape index (κ3) is 4.37. The van der Waals surface area contributed by atoms with Crippen LogP contribution in [-0.2, 0) is 9.53 Å². The molecule has 2 fully saturated rings. The van der Waals surface area contributed by atoms with E-state index in [1.54, 1.807) is 4.90 Å². The van der Waals surface area contributed by atoms with Gasteiger partial charge in [-0.15, -0.1) is 0 Å². The molecule has 0 bridgehead atoms. The molecular weight excluding hydrogens is 258 g/mol. The zero-order chi connectivity index (χ0) is 14.9. The summed E-state index contributed by atoms with van der Waals surface area (Å²) in [6.45, 7) is 8.60. The van der Waals surface area contributed by atoms with E-state index in [2.05, 4.69) is 10.6 Å². The standard InChI is InChI=1S/C14H25N3O3/c1-9(12(18)16-10-5-6-10)15-11-7-17(8-11)13(19)20-14(2,3)4/h9-11,15H,5-8H2,1-4H3,(H,16,18). The number of ether oxygens (including phenoxy) is 1. The van der Waals surface area contributed by atoms with E-state index < -0.39 is 5.60 Å². The molecule has 114 valence electrons. The van der Waals surface area contributed by atoms with Gasteiger partial charge in [0.05, 0.1) is 6.04 Å². The topological polar surface area (TPSA) is 70.7 Å². The highest BCUT2D eigenvalue weighted by atomic mass is 16.6. The van der Waals surface area contributed by atoms with Crippen LogP contribution in [0.4, 0.5) is 4.79 Å². The minimum absolute atomic E-state index is 0.0446. The molecule has 1 aliphatic carbocycles. The molecule has 2 rings (SSSR count). The zero-order valence-corrected chi connectivity index (χ0v) is 12.7. The van der Waals surface area contributed by atoms with Gasteiger partial charge in [-0.3, -0.25) is 10.1 Å². The Hall–Kier alpha value is -1.30. The number of likely N-dealkylation sites (tertiary alicyclic amines) is 1. The molecule has 1 heterocycles. The number of hydrogen-bond donors (Lipinski definition) is 2. The Morgan fingerprint density at radius 3 is 2.30 bits per heavy atom. The molecule has 2 amide bonds. The van der Waals surface area contributed by atoms with Gasteiger partial charge in [-0.2, -0.15) is 0 Å². The van der Waals surface area contributed by atoms with Gasteiger partial charge >= 0.3 is 6.09 Å². The van der Waals surface area contributed by atoms with Crippen molar-refractivity contribution in [2.24, 2.45) is 0 Å². The maximum Gasteiger partial charge on any atom is 0.410 e. The smallest absolute Gasteiger partial charge is 0.410 e. The van der Waals surface area contributed by atoms with E-state index in [-0.39, 0.29) is 24.1 Å². The van der Waals surface area contributed by atoms with Crippen molar-refractivity contribution in [3.8, 4) is 0 Å². The lowest BCUT2D eigenvalue weighted by Gasteiger charge is -2.41. The number of nitrogens with one attached hydrogen (secondary N) is 2. The first-order valence-corrected chi connectivity index (χ1v) is 7.29. The van der Waals surface area contributed by atoms with Crippen molar-refractivity contribution in [2.45, 2.75) is 64.3 Å². The molecule has 6 nitrogen and oxygen atoms in total. The summed E-state index contributed by atoms with van der Waals surface area (Å²) in [4.78, 5) is 25.2. The molecular formula is C14H25N3O3. The van der Waals surface area contributed by atoms with Crippen molar-refractivity contribution in [1.29, 1.82) is 0 Å². The first-order valence-electron chi connectivity index (χ1n) is 7.29. The van der Waals surface area contributed by atoms with Crippen LogP contribution >= 0.6 is 0 Å². The van der Waals surface area contributed by atoms with Crippen molar-refractivity contribution < 1.29 is 14.3 Å². The van der Waals surface area contributed by atoms with Crippen LogP contribution in [0.5, 0.6) is 0 Å². The van der Waals surface area contributed by atoms with Crippen LogP contribution in [0, 0.1) is 0 Å². The molecule has 0 spiro atoms. The molecule has 0 aromatic heterocycles. The normalized spacial score (nSPS) is 21.1. The molecule has 1 unspecified atom stereocenters. The van der Waals surface area contributed by atoms with E-state index in [4.69, 9.17) is 4.74 Å². The number of carbonyl (C=O) groups is 2. The Kier molecular flexibility index (Phi) is 4.22. The second kappa shape index (κ2) is 5.60. The first kappa shape index (κ1) is 15.1. The summed E-state index contributed by atoms with van der Waals surface area (Å²) in [5.74, 6) is 0.0446. The van der Waals surface area contributed by atoms with Crippen molar-refractivity contribution >= 4 is 12.0 Å². The Morgan fingerprint density at radius 1 is 1.20 bits per heavy atom. The van der Waals surface area contributed by atoms with Gasteiger partial charge in [0.1, 0.15) is 5.60 Å². The summed E-state index contributed by atoms with van der Waals surface area (Å²) in [5, 5.41) is 6.20. The average molecular weight is 283 g/mol. The van der Waals surface area contributed by atoms with Crippen LogP contribution in [0.3, 0.4) is 0 Å². The van der Waals surface area contributed by atoms with Gasteiger partial charge < -0.3 is 15.0 Å². The quantitative estimate of drug-likeness (QED) is 0.803. The maximum atomic E-state index is 11.8. The summed E-state index contributed by atoms with van der Waals surface area (Å²) in [5.41, 5.74) is -0.465. The molecule has 0 radical (unpaired) electrons. The third-order valence-corrected chi connectivity index (χ3v) is 3.34. The summed E-state index contributed by atoms with van der Waals surface area (Å²) in [6, 6.07) is 0.329. The van der Waals surface area contributed by atoms with Crippen LogP contribution in [0.2, 0.25) is 0 Å². The minimum Gasteiger partial charge on any atom is -0.444 e. The van der Waals surface area contributed by atoms with E-state index in [0.29, 0.717) is 19.1 Å². The fourth-order valence-electron chi connectivity index (χ4n) is 2.04. The summed E-state index contributed by atoms with van der Waals surface area (Å²) < 4.78 is 5.28. The number of carbonyl (C=O) groups excluding carboxylic acids is 2. The summed E-state index contributed by atoms with van der Waals surface area (Å²) in [7, 11) is 0. The van der Waals surface area contributed by atoms with Crippen LogP contribution in [0.1, 0.15) is 40.5 Å². The minimum atomic E-state index is -0.465. The summed E-state index contributed by atoms with van der Waals surface area (Å²) >= 11 is 0. The SMILES string of the molecule is CC(NC1CN(C(=O)OC(C)(C)C)C1)C(=O)NC1CC1. The van der Waals surface area contributed by atoms with Crippen molar-refractivity contribution in [1.82, 2.24) is 15.5 Å². The van der Waals surface area contributed by atoms with Gasteiger partial charge in [0.25, 0.3) is 0 Å². The second-order valence-electron chi connectivity index (χ2n) is 6.75. The fourth-order valence-corrected chi connectivity index (χ4v) is 2.04. The maximum absolute atomic E-state index is 11.8. The molecule has 1 atom stereocenters. The molecule has 1 saturated heterocycles. The number of rotatable bonds is 4. The predicted molar refractivity (Wildman–Crippen MR) is 75.4 cm³/mol. The highest BCUT2D eigenvalue weighted by molar-refractivity contribution is 5.82. The predicted octanol–water partition coefficient (Wildman–Crippen LogP) is 0.862.